The minimum Gasteiger partial charge on any atom is -0.506 e. The summed E-state index contributed by atoms with van der Waals surface area (Å²) < 4.78 is 40.3. The Balaban J connectivity index is 2.42. The fourth-order valence-electron chi connectivity index (χ4n) is 1.44. The van der Waals surface area contributed by atoms with Crippen LogP contribution in [-0.2, 0) is 17.1 Å². The van der Waals surface area contributed by atoms with Crippen LogP contribution in [0.4, 0.5) is 10.1 Å². The van der Waals surface area contributed by atoms with E-state index in [0.29, 0.717) is 0 Å². The Morgan fingerprint density at radius 3 is 2.74 bits per heavy atom. The Bertz CT molecular complexity index is 730. The zero-order valence-corrected chi connectivity index (χ0v) is 11.2. The van der Waals surface area contributed by atoms with Gasteiger partial charge in [-0.15, -0.1) is 0 Å². The van der Waals surface area contributed by atoms with E-state index in [1.807, 2.05) is 0 Å². The summed E-state index contributed by atoms with van der Waals surface area (Å²) in [6, 6.07) is 2.99. The predicted octanol–water partition coefficient (Wildman–Crippen LogP) is 1.72. The predicted molar refractivity (Wildman–Crippen MR) is 67.1 cm³/mol. The number of nitrogens with zero attached hydrogens (tertiary/aromatic N) is 2. The maximum absolute atomic E-state index is 13.0. The van der Waals surface area contributed by atoms with Crippen molar-refractivity contribution in [1.82, 2.24) is 9.78 Å². The lowest BCUT2D eigenvalue weighted by Crippen LogP contribution is -2.16. The van der Waals surface area contributed by atoms with Gasteiger partial charge in [-0.1, -0.05) is 11.6 Å². The summed E-state index contributed by atoms with van der Waals surface area (Å²) in [5.41, 5.74) is -0.215. The number of rotatable bonds is 3. The molecule has 0 aliphatic rings. The highest BCUT2D eigenvalue weighted by Crippen LogP contribution is 2.30. The Kier molecular flexibility index (Phi) is 3.38. The Morgan fingerprint density at radius 1 is 1.47 bits per heavy atom. The number of aryl methyl sites for hydroxylation is 1. The van der Waals surface area contributed by atoms with Crippen molar-refractivity contribution in [2.24, 2.45) is 7.05 Å². The molecule has 102 valence electrons. The first-order chi connectivity index (χ1) is 8.81. The van der Waals surface area contributed by atoms with Gasteiger partial charge in [0.25, 0.3) is 10.0 Å². The van der Waals surface area contributed by atoms with Crippen LogP contribution in [0.5, 0.6) is 5.75 Å². The Morgan fingerprint density at radius 2 is 2.16 bits per heavy atom. The van der Waals surface area contributed by atoms with Gasteiger partial charge in [-0.3, -0.25) is 9.40 Å². The number of aromatic hydroxyl groups is 1. The van der Waals surface area contributed by atoms with Gasteiger partial charge in [0.15, 0.2) is 5.03 Å². The standard InChI is InChI=1S/C10H9ClFN3O3S/c1-15-10(2-3-13-15)19(17,18)14-8-4-6(11)7(12)5-9(8)16/h2-5,14,16H,1H3. The Labute approximate surface area is 113 Å². The highest BCUT2D eigenvalue weighted by atomic mass is 35.5. The highest BCUT2D eigenvalue weighted by Gasteiger charge is 2.20. The summed E-state index contributed by atoms with van der Waals surface area (Å²) in [5, 5.41) is 12.8. The molecule has 0 unspecified atom stereocenters. The molecule has 0 saturated carbocycles. The molecule has 2 rings (SSSR count). The Hall–Kier alpha value is -1.80. The summed E-state index contributed by atoms with van der Waals surface area (Å²) in [7, 11) is -2.49. The van der Waals surface area contributed by atoms with Crippen LogP contribution >= 0.6 is 11.6 Å². The van der Waals surface area contributed by atoms with E-state index in [2.05, 4.69) is 9.82 Å². The molecule has 19 heavy (non-hydrogen) atoms. The summed E-state index contributed by atoms with van der Waals surface area (Å²) in [4.78, 5) is 0. The molecule has 1 aromatic carbocycles. The van der Waals surface area contributed by atoms with Crippen molar-refractivity contribution in [3.63, 3.8) is 0 Å². The van der Waals surface area contributed by atoms with Crippen molar-refractivity contribution in [2.45, 2.75) is 5.03 Å². The number of hydrogen-bond acceptors (Lipinski definition) is 4. The number of nitrogens with one attached hydrogen (secondary N) is 1. The molecule has 6 nitrogen and oxygen atoms in total. The lowest BCUT2D eigenvalue weighted by Gasteiger charge is -2.10. The third-order valence-electron chi connectivity index (χ3n) is 2.33. The molecule has 2 aromatic rings. The molecule has 1 heterocycles. The van der Waals surface area contributed by atoms with Crippen molar-refractivity contribution in [2.75, 3.05) is 4.72 Å². The van der Waals surface area contributed by atoms with Gasteiger partial charge >= 0.3 is 0 Å². The fraction of sp³-hybridized carbons (Fsp3) is 0.100. The number of anilines is 1. The average molecular weight is 306 g/mol. The number of hydrogen-bond donors (Lipinski definition) is 2. The fourth-order valence-corrected chi connectivity index (χ4v) is 2.80. The molecule has 9 heteroatoms. The summed E-state index contributed by atoms with van der Waals surface area (Å²) in [6.45, 7) is 0. The van der Waals surface area contributed by atoms with Crippen LogP contribution in [0.15, 0.2) is 29.4 Å². The third kappa shape index (κ3) is 2.64. The molecule has 0 fully saturated rings. The van der Waals surface area contributed by atoms with Crippen LogP contribution in [0.2, 0.25) is 5.02 Å². The lowest BCUT2D eigenvalue weighted by atomic mass is 10.3. The molecule has 0 aliphatic heterocycles. The number of halogens is 2. The molecular formula is C10H9ClFN3O3S. The van der Waals surface area contributed by atoms with Crippen LogP contribution in [-0.4, -0.2) is 23.3 Å². The summed E-state index contributed by atoms with van der Waals surface area (Å²) in [5.74, 6) is -1.41. The second kappa shape index (κ2) is 4.71. The van der Waals surface area contributed by atoms with Crippen molar-refractivity contribution in [3.8, 4) is 5.75 Å². The maximum Gasteiger partial charge on any atom is 0.279 e. The van der Waals surface area contributed by atoms with Crippen LogP contribution in [0.25, 0.3) is 0 Å². The van der Waals surface area contributed by atoms with Gasteiger partial charge in [-0.05, 0) is 12.1 Å². The van der Waals surface area contributed by atoms with Crippen molar-refractivity contribution >= 4 is 27.3 Å². The van der Waals surface area contributed by atoms with Gasteiger partial charge in [0, 0.05) is 13.1 Å². The van der Waals surface area contributed by atoms with Crippen LogP contribution in [0.3, 0.4) is 0 Å². The molecule has 0 aliphatic carbocycles. The normalized spacial score (nSPS) is 11.5. The van der Waals surface area contributed by atoms with Crippen molar-refractivity contribution in [1.29, 1.82) is 0 Å². The number of sulfonamides is 1. The summed E-state index contributed by atoms with van der Waals surface area (Å²) >= 11 is 5.53. The quantitative estimate of drug-likeness (QED) is 0.846. The minimum absolute atomic E-state index is 0.104. The molecule has 1 aromatic heterocycles. The first kappa shape index (κ1) is 13.6. The van der Waals surface area contributed by atoms with Crippen molar-refractivity contribution < 1.29 is 17.9 Å². The monoisotopic (exact) mass is 305 g/mol. The molecule has 0 atom stereocenters. The van der Waals surface area contributed by atoms with E-state index in [-0.39, 0.29) is 15.7 Å². The first-order valence-electron chi connectivity index (χ1n) is 5.00. The molecule has 2 N–H and O–H groups in total. The van der Waals surface area contributed by atoms with Gasteiger partial charge in [-0.25, -0.2) is 4.39 Å². The number of phenols is 1. The zero-order valence-electron chi connectivity index (χ0n) is 9.63. The number of aromatic nitrogens is 2. The van der Waals surface area contributed by atoms with Gasteiger partial charge < -0.3 is 5.11 Å². The molecule has 0 bridgehead atoms. The minimum atomic E-state index is -3.94. The highest BCUT2D eigenvalue weighted by molar-refractivity contribution is 7.92. The second-order valence-corrected chi connectivity index (χ2v) is 5.72. The van der Waals surface area contributed by atoms with Crippen LogP contribution in [0, 0.1) is 5.82 Å². The first-order valence-corrected chi connectivity index (χ1v) is 6.86. The van der Waals surface area contributed by atoms with Crippen molar-refractivity contribution in [3.05, 3.63) is 35.2 Å². The third-order valence-corrected chi connectivity index (χ3v) is 4.06. The van der Waals surface area contributed by atoms with E-state index >= 15 is 0 Å². The molecule has 0 radical (unpaired) electrons. The van der Waals surface area contributed by atoms with Gasteiger partial charge in [0.1, 0.15) is 11.6 Å². The maximum atomic E-state index is 13.0. The average Bonchev–Trinajstić information content (AvgIpc) is 2.73. The largest absolute Gasteiger partial charge is 0.506 e. The SMILES string of the molecule is Cn1nccc1S(=O)(=O)Nc1cc(Cl)c(F)cc1O. The smallest absolute Gasteiger partial charge is 0.279 e. The van der Waals surface area contributed by atoms with E-state index in [0.717, 1.165) is 16.8 Å². The van der Waals surface area contributed by atoms with E-state index in [1.165, 1.54) is 19.3 Å². The van der Waals surface area contributed by atoms with E-state index in [9.17, 15) is 17.9 Å². The van der Waals surface area contributed by atoms with Gasteiger partial charge in [0.2, 0.25) is 0 Å². The molecule has 0 spiro atoms. The summed E-state index contributed by atoms with van der Waals surface area (Å²) in [6.07, 6.45) is 1.31. The number of benzene rings is 1. The van der Waals surface area contributed by atoms with Crippen LogP contribution < -0.4 is 4.72 Å². The van der Waals surface area contributed by atoms with E-state index < -0.39 is 21.6 Å². The van der Waals surface area contributed by atoms with E-state index in [1.54, 1.807) is 0 Å². The second-order valence-electron chi connectivity index (χ2n) is 3.68. The zero-order chi connectivity index (χ0) is 14.2. The van der Waals surface area contributed by atoms with Crippen LogP contribution in [0.1, 0.15) is 0 Å². The van der Waals surface area contributed by atoms with E-state index in [4.69, 9.17) is 11.6 Å². The van der Waals surface area contributed by atoms with Gasteiger partial charge in [0.05, 0.1) is 16.9 Å². The lowest BCUT2D eigenvalue weighted by molar-refractivity contribution is 0.471. The molecule has 0 amide bonds. The molecular weight excluding hydrogens is 297 g/mol. The van der Waals surface area contributed by atoms with Gasteiger partial charge in [-0.2, -0.15) is 13.5 Å². The topological polar surface area (TPSA) is 84.2 Å². The number of phenolic OH excluding ortho intramolecular Hbond substituents is 1. The molecule has 0 saturated heterocycles.